The summed E-state index contributed by atoms with van der Waals surface area (Å²) in [6.45, 7) is 3.79. The molecule has 3 aromatic carbocycles. The van der Waals surface area contributed by atoms with Gasteiger partial charge in [0.05, 0.1) is 40.8 Å². The van der Waals surface area contributed by atoms with Crippen molar-refractivity contribution < 1.29 is 29.0 Å². The highest BCUT2D eigenvalue weighted by Crippen LogP contribution is 2.65. The number of benzene rings is 3. The monoisotopic (exact) mass is 872 g/mol. The van der Waals surface area contributed by atoms with Gasteiger partial charge in [0.15, 0.2) is 0 Å². The van der Waals surface area contributed by atoms with E-state index in [1.807, 2.05) is 43.3 Å². The highest BCUT2D eigenvalue weighted by molar-refractivity contribution is 14.1. The quantitative estimate of drug-likeness (QED) is 0.108. The number of thiophene rings is 1. The Balaban J connectivity index is 1.17. The predicted molar refractivity (Wildman–Crippen MR) is 215 cm³/mol. The lowest BCUT2D eigenvalue weighted by atomic mass is 9.51. The van der Waals surface area contributed by atoms with Crippen LogP contribution in [0.3, 0.4) is 0 Å². The van der Waals surface area contributed by atoms with E-state index in [2.05, 4.69) is 22.6 Å². The fourth-order valence-corrected chi connectivity index (χ4v) is 11.3. The minimum atomic E-state index is -1.38. The number of phenolic OH excluding ortho intramolecular Hbond substituents is 1. The second-order valence-electron chi connectivity index (χ2n) is 14.8. The molecule has 2 aliphatic heterocycles. The van der Waals surface area contributed by atoms with E-state index in [1.165, 1.54) is 16.9 Å². The number of hydrogen-bond donors (Lipinski definition) is 1. The molecule has 54 heavy (non-hydrogen) atoms. The van der Waals surface area contributed by atoms with E-state index in [0.717, 1.165) is 29.7 Å². The van der Waals surface area contributed by atoms with Gasteiger partial charge in [-0.15, -0.1) is 11.3 Å². The molecular formula is C41H34ClIN4O6S. The smallest absolute Gasteiger partial charge is 0.242 e. The van der Waals surface area contributed by atoms with E-state index < -0.39 is 46.8 Å². The van der Waals surface area contributed by atoms with Gasteiger partial charge in [0, 0.05) is 37.9 Å². The number of allylic oxidation sites excluding steroid dienone is 2. The molecule has 2 aliphatic carbocycles. The van der Waals surface area contributed by atoms with Crippen molar-refractivity contribution in [2.75, 3.05) is 16.9 Å². The summed E-state index contributed by atoms with van der Waals surface area (Å²) >= 11 is 10.1. The molecular weight excluding hydrogens is 839 g/mol. The summed E-state index contributed by atoms with van der Waals surface area (Å²) < 4.78 is 9.37. The molecule has 4 aliphatic rings. The van der Waals surface area contributed by atoms with Crippen LogP contribution in [0.4, 0.5) is 11.5 Å². The van der Waals surface area contributed by atoms with E-state index in [4.69, 9.17) is 21.4 Å². The Morgan fingerprint density at radius 1 is 0.981 bits per heavy atom. The van der Waals surface area contributed by atoms with Gasteiger partial charge in [0.25, 0.3) is 0 Å². The topological polar surface area (TPSA) is 122 Å². The maximum atomic E-state index is 15.2. The third-order valence-electron chi connectivity index (χ3n) is 12.1. The van der Waals surface area contributed by atoms with Gasteiger partial charge in [0.2, 0.25) is 23.6 Å². The maximum absolute atomic E-state index is 15.2. The molecule has 3 fully saturated rings. The van der Waals surface area contributed by atoms with Crippen LogP contribution in [0.15, 0.2) is 78.4 Å². The molecule has 1 N–H and O–H groups in total. The zero-order valence-electron chi connectivity index (χ0n) is 29.7. The van der Waals surface area contributed by atoms with Crippen LogP contribution in [-0.4, -0.2) is 45.6 Å². The lowest BCUT2D eigenvalue weighted by molar-refractivity contribution is -0.131. The molecule has 13 heteroatoms. The van der Waals surface area contributed by atoms with E-state index >= 15 is 4.79 Å². The molecule has 0 spiro atoms. The normalized spacial score (nSPS) is 26.3. The van der Waals surface area contributed by atoms with Crippen molar-refractivity contribution in [1.29, 1.82) is 0 Å². The lowest BCUT2D eigenvalue weighted by Crippen LogP contribution is -2.49. The summed E-state index contributed by atoms with van der Waals surface area (Å²) in [6.07, 6.45) is 2.43. The number of methoxy groups -OCH3 is 1. The van der Waals surface area contributed by atoms with Crippen molar-refractivity contribution in [2.45, 2.75) is 32.6 Å². The largest absolute Gasteiger partial charge is 0.508 e. The number of aromatic nitrogens is 2. The van der Waals surface area contributed by atoms with E-state index in [0.29, 0.717) is 33.5 Å². The van der Waals surface area contributed by atoms with Crippen LogP contribution in [0.25, 0.3) is 20.7 Å². The summed E-state index contributed by atoms with van der Waals surface area (Å²) in [5.74, 6) is -4.48. The van der Waals surface area contributed by atoms with Gasteiger partial charge in [-0.25, -0.2) is 4.90 Å². The number of carbonyl (C=O) groups excluding carboxylic acids is 4. The number of fused-ring (bicyclic) bond motifs is 5. The average Bonchev–Trinajstić information content (AvgIpc) is 3.82. The number of carbonyl (C=O) groups is 4. The Morgan fingerprint density at radius 3 is 2.48 bits per heavy atom. The van der Waals surface area contributed by atoms with Crippen molar-refractivity contribution in [3.8, 4) is 22.1 Å². The molecule has 5 aromatic rings. The highest BCUT2D eigenvalue weighted by Gasteiger charge is 2.68. The summed E-state index contributed by atoms with van der Waals surface area (Å²) in [7, 11) is 3.21. The average molecular weight is 873 g/mol. The number of rotatable bonds is 5. The Kier molecular flexibility index (Phi) is 8.15. The number of halogens is 2. The zero-order chi connectivity index (χ0) is 38.0. The summed E-state index contributed by atoms with van der Waals surface area (Å²) in [6, 6.07) is 19.7. The Bertz CT molecular complexity index is 2510. The Hall–Kier alpha value is -4.53. The van der Waals surface area contributed by atoms with Gasteiger partial charge < -0.3 is 9.84 Å². The minimum Gasteiger partial charge on any atom is -0.508 e. The van der Waals surface area contributed by atoms with Crippen LogP contribution in [0.2, 0.25) is 5.02 Å². The van der Waals surface area contributed by atoms with E-state index in [9.17, 15) is 19.5 Å². The van der Waals surface area contributed by atoms with Crippen LogP contribution in [0, 0.1) is 39.6 Å². The van der Waals surface area contributed by atoms with Gasteiger partial charge in [0.1, 0.15) is 23.0 Å². The van der Waals surface area contributed by atoms with Gasteiger partial charge in [-0.2, -0.15) is 5.10 Å². The Labute approximate surface area is 333 Å². The molecule has 9 rings (SSSR count). The molecule has 4 amide bonds. The van der Waals surface area contributed by atoms with Crippen LogP contribution in [-0.2, 0) is 26.2 Å². The number of nitrogens with zero attached hydrogens (tertiary/aromatic N) is 4. The molecule has 0 radical (unpaired) electrons. The number of imide groups is 2. The van der Waals surface area contributed by atoms with Crippen molar-refractivity contribution in [2.24, 2.45) is 36.1 Å². The van der Waals surface area contributed by atoms with Gasteiger partial charge in [-0.05, 0) is 121 Å². The number of phenols is 1. The molecule has 1 saturated carbocycles. The van der Waals surface area contributed by atoms with Crippen molar-refractivity contribution in [3.05, 3.63) is 98.1 Å². The summed E-state index contributed by atoms with van der Waals surface area (Å²) in [5.41, 5.74) is 1.87. The fraction of sp³-hybridized carbons (Fsp3) is 0.293. The van der Waals surface area contributed by atoms with Crippen LogP contribution in [0.1, 0.15) is 36.8 Å². The first-order valence-corrected chi connectivity index (χ1v) is 19.9. The Morgan fingerprint density at radius 2 is 1.74 bits per heavy atom. The standard InChI is InChI=1S/C41H34ClIN4O6S/c1-19-25-16-20(42)8-15-31(25)54-36(19)28-18-32(45(3)44-28)47-38(50)27-17-26-23(35(41(27,2)40(47)52)34-29(48)6-5-7-30(34)53-4)13-14-24-33(26)39(51)46(37(24)49)22-11-9-21(43)10-12-22/h5-13,15-16,18,24,26-27,33,35,48H,14,17H2,1-4H3/t24-,26+,27-,33-,35+,41+/m0/s1. The molecule has 2 aromatic heterocycles. The molecule has 0 bridgehead atoms. The molecule has 6 atom stereocenters. The highest BCUT2D eigenvalue weighted by atomic mass is 127. The number of aryl methyl sites for hydroxylation is 2. The first kappa shape index (κ1) is 35.2. The second kappa shape index (κ2) is 12.5. The third-order valence-corrected chi connectivity index (χ3v) is 14.4. The summed E-state index contributed by atoms with van der Waals surface area (Å²) in [5, 5.41) is 18.0. The minimum absolute atomic E-state index is 0.0841. The lowest BCUT2D eigenvalue weighted by Gasteiger charge is -2.49. The predicted octanol–water partition coefficient (Wildman–Crippen LogP) is 8.02. The first-order valence-electron chi connectivity index (χ1n) is 17.7. The molecule has 2 saturated heterocycles. The number of ether oxygens (including phenoxy) is 1. The SMILES string of the molecule is COc1cccc(O)c1[C@H]1C2=CC[C@@H]3C(=O)N(c4ccc(I)cc4)C(=O)[C@@H]3[C@@H]2C[C@H]2C(=O)N(c3cc(-c4sc5ccc(Cl)cc5c4C)nn3C)C(=O)[C@@]12C. The van der Waals surface area contributed by atoms with Crippen LogP contribution in [0.5, 0.6) is 11.5 Å². The van der Waals surface area contributed by atoms with E-state index in [-0.39, 0.29) is 30.4 Å². The fourth-order valence-electron chi connectivity index (χ4n) is 9.60. The van der Waals surface area contributed by atoms with E-state index in [1.54, 1.807) is 66.4 Å². The summed E-state index contributed by atoms with van der Waals surface area (Å²) in [4.78, 5) is 61.9. The first-order chi connectivity index (χ1) is 25.8. The van der Waals surface area contributed by atoms with Crippen molar-refractivity contribution in [1.82, 2.24) is 9.78 Å². The number of amides is 4. The number of aromatic hydroxyl groups is 1. The molecule has 10 nitrogen and oxygen atoms in total. The van der Waals surface area contributed by atoms with Gasteiger partial charge in [-0.1, -0.05) is 29.3 Å². The maximum Gasteiger partial charge on any atom is 0.242 e. The second-order valence-corrected chi connectivity index (χ2v) is 17.5. The third kappa shape index (κ3) is 4.84. The van der Waals surface area contributed by atoms with Gasteiger partial charge >= 0.3 is 0 Å². The zero-order valence-corrected chi connectivity index (χ0v) is 33.4. The number of anilines is 2. The van der Waals surface area contributed by atoms with Crippen LogP contribution >= 0.6 is 45.5 Å². The number of hydrogen-bond acceptors (Lipinski definition) is 8. The molecule has 274 valence electrons. The van der Waals surface area contributed by atoms with Gasteiger partial charge in [-0.3, -0.25) is 28.8 Å². The van der Waals surface area contributed by atoms with Crippen molar-refractivity contribution >= 4 is 90.7 Å². The van der Waals surface area contributed by atoms with Crippen molar-refractivity contribution in [3.63, 3.8) is 0 Å². The molecule has 4 heterocycles. The molecule has 0 unspecified atom stereocenters. The van der Waals surface area contributed by atoms with Crippen LogP contribution < -0.4 is 14.5 Å².